The van der Waals surface area contributed by atoms with Crippen molar-refractivity contribution in [3.05, 3.63) is 0 Å². The Labute approximate surface area is 92.1 Å². The largest absolute Gasteiger partial charge is 0.392 e. The smallest absolute Gasteiger partial charge is 0.389 e. The number of rotatable bonds is 4. The number of hydrogen-bond donors (Lipinski definition) is 1. The van der Waals surface area contributed by atoms with E-state index in [0.29, 0.717) is 6.42 Å². The zero-order valence-corrected chi connectivity index (χ0v) is 9.39. The Morgan fingerprint density at radius 2 is 2.00 bits per heavy atom. The van der Waals surface area contributed by atoms with Crippen molar-refractivity contribution >= 4 is 10.0 Å². The molecule has 0 aliphatic carbocycles. The lowest BCUT2D eigenvalue weighted by Crippen LogP contribution is -2.32. The van der Waals surface area contributed by atoms with E-state index in [9.17, 15) is 21.6 Å². The molecule has 0 aromatic heterocycles. The van der Waals surface area contributed by atoms with Gasteiger partial charge < -0.3 is 5.11 Å². The van der Waals surface area contributed by atoms with E-state index in [2.05, 4.69) is 0 Å². The lowest BCUT2D eigenvalue weighted by Gasteiger charge is -2.15. The van der Waals surface area contributed by atoms with Gasteiger partial charge in [-0.3, -0.25) is 0 Å². The molecule has 4 nitrogen and oxygen atoms in total. The van der Waals surface area contributed by atoms with Crippen LogP contribution in [0.2, 0.25) is 0 Å². The number of aliphatic hydroxyl groups excluding tert-OH is 1. The maximum absolute atomic E-state index is 11.8. The van der Waals surface area contributed by atoms with Crippen LogP contribution in [0.4, 0.5) is 13.2 Å². The fourth-order valence-corrected chi connectivity index (χ4v) is 3.10. The van der Waals surface area contributed by atoms with E-state index in [1.54, 1.807) is 0 Å². The molecule has 1 rings (SSSR count). The van der Waals surface area contributed by atoms with Gasteiger partial charge in [-0.15, -0.1) is 0 Å². The van der Waals surface area contributed by atoms with Gasteiger partial charge in [0, 0.05) is 19.5 Å². The van der Waals surface area contributed by atoms with Gasteiger partial charge in [-0.25, -0.2) is 8.42 Å². The molecule has 0 aromatic rings. The van der Waals surface area contributed by atoms with Crippen LogP contribution in [0.5, 0.6) is 0 Å². The van der Waals surface area contributed by atoms with Gasteiger partial charge in [-0.05, 0) is 12.8 Å². The first-order valence-electron chi connectivity index (χ1n) is 4.93. The van der Waals surface area contributed by atoms with Crippen molar-refractivity contribution in [2.75, 3.05) is 18.8 Å². The van der Waals surface area contributed by atoms with Crippen molar-refractivity contribution in [1.82, 2.24) is 4.31 Å². The van der Waals surface area contributed by atoms with Gasteiger partial charge in [0.15, 0.2) is 0 Å². The van der Waals surface area contributed by atoms with E-state index < -0.39 is 40.9 Å². The summed E-state index contributed by atoms with van der Waals surface area (Å²) in [7, 11) is -3.64. The first-order chi connectivity index (χ1) is 7.21. The minimum atomic E-state index is -4.32. The van der Waals surface area contributed by atoms with Gasteiger partial charge in [0.2, 0.25) is 10.0 Å². The molecule has 0 radical (unpaired) electrons. The Bertz CT molecular complexity index is 328. The second-order valence-electron chi connectivity index (χ2n) is 3.84. The van der Waals surface area contributed by atoms with E-state index in [1.807, 2.05) is 0 Å². The van der Waals surface area contributed by atoms with Crippen LogP contribution in [0, 0.1) is 0 Å². The fraction of sp³-hybridized carbons (Fsp3) is 1.00. The lowest BCUT2D eigenvalue weighted by molar-refractivity contribution is -0.134. The van der Waals surface area contributed by atoms with Gasteiger partial charge >= 0.3 is 6.18 Å². The highest BCUT2D eigenvalue weighted by Crippen LogP contribution is 2.22. The van der Waals surface area contributed by atoms with E-state index in [-0.39, 0.29) is 13.1 Å². The number of nitrogens with zero attached hydrogens (tertiary/aromatic N) is 1. The van der Waals surface area contributed by atoms with E-state index in [1.165, 1.54) is 0 Å². The fourth-order valence-electron chi connectivity index (χ4n) is 1.55. The topological polar surface area (TPSA) is 57.6 Å². The number of aliphatic hydroxyl groups is 1. The van der Waals surface area contributed by atoms with Gasteiger partial charge in [0.1, 0.15) is 0 Å². The number of halogens is 3. The van der Waals surface area contributed by atoms with E-state index in [4.69, 9.17) is 5.11 Å². The Balaban J connectivity index is 2.41. The van der Waals surface area contributed by atoms with Crippen LogP contribution in [0.1, 0.15) is 19.3 Å². The molecule has 16 heavy (non-hydrogen) atoms. The van der Waals surface area contributed by atoms with Crippen molar-refractivity contribution in [3.63, 3.8) is 0 Å². The molecule has 0 amide bonds. The molecule has 0 saturated carbocycles. The van der Waals surface area contributed by atoms with Crippen molar-refractivity contribution in [3.8, 4) is 0 Å². The third-order valence-corrected chi connectivity index (χ3v) is 4.31. The van der Waals surface area contributed by atoms with Crippen molar-refractivity contribution in [2.24, 2.45) is 0 Å². The molecule has 0 aromatic carbocycles. The molecule has 0 spiro atoms. The molecule has 1 aliphatic heterocycles. The summed E-state index contributed by atoms with van der Waals surface area (Å²) >= 11 is 0. The lowest BCUT2D eigenvalue weighted by atomic mass is 10.3. The molecule has 1 saturated heterocycles. The second-order valence-corrected chi connectivity index (χ2v) is 5.92. The summed E-state index contributed by atoms with van der Waals surface area (Å²) in [6, 6.07) is 0. The van der Waals surface area contributed by atoms with Crippen LogP contribution >= 0.6 is 0 Å². The molecular formula is C8H14F3NO3S. The number of alkyl halides is 3. The van der Waals surface area contributed by atoms with Crippen LogP contribution in [0.15, 0.2) is 0 Å². The SMILES string of the molecule is O=S(=O)(CCCC(F)(F)F)N1CC[C@H](O)C1. The third kappa shape index (κ3) is 4.26. The highest BCUT2D eigenvalue weighted by Gasteiger charge is 2.32. The summed E-state index contributed by atoms with van der Waals surface area (Å²) in [6.45, 7) is 0.184. The second kappa shape index (κ2) is 4.89. The maximum Gasteiger partial charge on any atom is 0.389 e. The highest BCUT2D eigenvalue weighted by atomic mass is 32.2. The Morgan fingerprint density at radius 3 is 2.44 bits per heavy atom. The van der Waals surface area contributed by atoms with E-state index >= 15 is 0 Å². The summed E-state index contributed by atoms with van der Waals surface area (Å²) in [6.07, 6.45) is -6.20. The van der Waals surface area contributed by atoms with Gasteiger partial charge in [-0.2, -0.15) is 17.5 Å². The summed E-state index contributed by atoms with van der Waals surface area (Å²) < 4.78 is 59.5. The van der Waals surface area contributed by atoms with Crippen molar-refractivity contribution in [1.29, 1.82) is 0 Å². The molecule has 1 aliphatic rings. The van der Waals surface area contributed by atoms with E-state index in [0.717, 1.165) is 4.31 Å². The number of β-amino-alcohol motifs (C(OH)–C–C–N with tert-alkyl or cyclic N) is 1. The summed E-state index contributed by atoms with van der Waals surface area (Å²) in [4.78, 5) is 0. The van der Waals surface area contributed by atoms with Crippen LogP contribution in [0.25, 0.3) is 0 Å². The highest BCUT2D eigenvalue weighted by molar-refractivity contribution is 7.89. The molecule has 0 bridgehead atoms. The minimum absolute atomic E-state index is 0.00560. The van der Waals surface area contributed by atoms with Gasteiger partial charge in [0.05, 0.1) is 11.9 Å². The maximum atomic E-state index is 11.8. The van der Waals surface area contributed by atoms with Crippen LogP contribution in [-0.2, 0) is 10.0 Å². The number of hydrogen-bond acceptors (Lipinski definition) is 3. The third-order valence-electron chi connectivity index (χ3n) is 2.38. The van der Waals surface area contributed by atoms with Crippen LogP contribution in [0.3, 0.4) is 0 Å². The van der Waals surface area contributed by atoms with Crippen molar-refractivity contribution in [2.45, 2.75) is 31.5 Å². The molecule has 1 fully saturated rings. The minimum Gasteiger partial charge on any atom is -0.392 e. The average Bonchev–Trinajstić information content (AvgIpc) is 2.49. The Kier molecular flexibility index (Phi) is 4.19. The quantitative estimate of drug-likeness (QED) is 0.811. The summed E-state index contributed by atoms with van der Waals surface area (Å²) in [5.74, 6) is -0.515. The van der Waals surface area contributed by atoms with Crippen LogP contribution in [-0.4, -0.2) is 49.0 Å². The Morgan fingerprint density at radius 1 is 1.38 bits per heavy atom. The molecule has 8 heteroatoms. The Hall–Kier alpha value is -0.340. The monoisotopic (exact) mass is 261 g/mol. The predicted molar refractivity (Wildman–Crippen MR) is 51.3 cm³/mol. The van der Waals surface area contributed by atoms with Gasteiger partial charge in [-0.1, -0.05) is 0 Å². The average molecular weight is 261 g/mol. The molecule has 1 N–H and O–H groups in total. The summed E-state index contributed by atoms with van der Waals surface area (Å²) in [5, 5.41) is 9.13. The zero-order chi connectivity index (χ0) is 12.4. The molecule has 96 valence electrons. The number of sulfonamides is 1. The standard InChI is InChI=1S/C8H14F3NO3S/c9-8(10,11)3-1-5-16(14,15)12-4-2-7(13)6-12/h7,13H,1-6H2/t7-/m0/s1. The normalized spacial score (nSPS) is 23.9. The van der Waals surface area contributed by atoms with Gasteiger partial charge in [0.25, 0.3) is 0 Å². The molecule has 1 atom stereocenters. The molecule has 0 unspecified atom stereocenters. The first-order valence-corrected chi connectivity index (χ1v) is 6.54. The molecular weight excluding hydrogens is 247 g/mol. The summed E-state index contributed by atoms with van der Waals surface area (Å²) in [5.41, 5.74) is 0. The first kappa shape index (κ1) is 13.7. The molecule has 1 heterocycles. The zero-order valence-electron chi connectivity index (χ0n) is 8.57. The van der Waals surface area contributed by atoms with Crippen LogP contribution < -0.4 is 0 Å². The predicted octanol–water partition coefficient (Wildman–Crippen LogP) is 0.725. The van der Waals surface area contributed by atoms with Crippen molar-refractivity contribution < 1.29 is 26.7 Å².